The summed E-state index contributed by atoms with van der Waals surface area (Å²) in [5.74, 6) is -0.133. The number of halogens is 2. The fourth-order valence-corrected chi connectivity index (χ4v) is 4.73. The van der Waals surface area contributed by atoms with Gasteiger partial charge in [-0.15, -0.1) is 0 Å². The van der Waals surface area contributed by atoms with E-state index in [1.807, 2.05) is 6.92 Å². The minimum Gasteiger partial charge on any atom is -0.493 e. The highest BCUT2D eigenvalue weighted by atomic mass is 35.5. The summed E-state index contributed by atoms with van der Waals surface area (Å²) in [6, 6.07) is 13.3. The van der Waals surface area contributed by atoms with Gasteiger partial charge in [0.25, 0.3) is 5.91 Å². The molecule has 1 amide bonds. The minimum absolute atomic E-state index is 0.0619. The van der Waals surface area contributed by atoms with E-state index in [1.54, 1.807) is 36.4 Å². The van der Waals surface area contributed by atoms with Gasteiger partial charge in [0, 0.05) is 10.7 Å². The van der Waals surface area contributed by atoms with Crippen LogP contribution in [0.4, 0.5) is 10.1 Å². The van der Waals surface area contributed by atoms with Crippen LogP contribution in [0.2, 0.25) is 5.02 Å². The lowest BCUT2D eigenvalue weighted by Gasteiger charge is -2.26. The zero-order chi connectivity index (χ0) is 26.3. The molecule has 1 aromatic heterocycles. The number of hydrogen-bond acceptors (Lipinski definition) is 5. The van der Waals surface area contributed by atoms with Crippen LogP contribution in [0.15, 0.2) is 63.8 Å². The molecule has 0 saturated heterocycles. The molecular weight excluding hydrogens is 497 g/mol. The Hall–Kier alpha value is -3.84. The first-order valence-corrected chi connectivity index (χ1v) is 12.4. The second-order valence-corrected chi connectivity index (χ2v) is 9.35. The number of aryl methyl sites for hydroxylation is 1. The molecule has 1 aliphatic heterocycles. The molecule has 6 nitrogen and oxygen atoms in total. The van der Waals surface area contributed by atoms with Gasteiger partial charge in [-0.05, 0) is 66.9 Å². The molecule has 0 fully saturated rings. The number of carbonyl (C=O) groups is 1. The van der Waals surface area contributed by atoms with Gasteiger partial charge in [0.2, 0.25) is 5.76 Å². The summed E-state index contributed by atoms with van der Waals surface area (Å²) >= 11 is 6.41. The molecule has 190 valence electrons. The van der Waals surface area contributed by atoms with Crippen LogP contribution >= 0.6 is 11.6 Å². The topological polar surface area (TPSA) is 69.0 Å². The third kappa shape index (κ3) is 4.33. The number of fused-ring (bicyclic) bond motifs is 2. The number of ether oxygens (including phenoxy) is 2. The molecular formula is C29H25ClFNO5. The largest absolute Gasteiger partial charge is 0.493 e. The third-order valence-corrected chi connectivity index (χ3v) is 6.93. The van der Waals surface area contributed by atoms with Crippen LogP contribution in [0, 0.1) is 12.7 Å². The monoisotopic (exact) mass is 521 g/mol. The van der Waals surface area contributed by atoms with E-state index >= 15 is 0 Å². The normalized spacial score (nSPS) is 14.8. The van der Waals surface area contributed by atoms with E-state index in [0.717, 1.165) is 24.5 Å². The van der Waals surface area contributed by atoms with Gasteiger partial charge in [0.05, 0.1) is 30.7 Å². The summed E-state index contributed by atoms with van der Waals surface area (Å²) in [4.78, 5) is 28.9. The Morgan fingerprint density at radius 3 is 2.59 bits per heavy atom. The lowest BCUT2D eigenvalue weighted by molar-refractivity contribution is 0.0971. The van der Waals surface area contributed by atoms with Crippen LogP contribution in [-0.2, 0) is 0 Å². The molecule has 3 aromatic carbocycles. The summed E-state index contributed by atoms with van der Waals surface area (Å²) in [5, 5.41) is 0.538. The number of unbranched alkanes of at least 4 members (excludes halogenated alkanes) is 1. The Morgan fingerprint density at radius 1 is 1.05 bits per heavy atom. The first-order chi connectivity index (χ1) is 17.8. The van der Waals surface area contributed by atoms with Crippen molar-refractivity contribution in [3.63, 3.8) is 0 Å². The number of hydrogen-bond donors (Lipinski definition) is 0. The second-order valence-electron chi connectivity index (χ2n) is 8.94. The molecule has 0 saturated carbocycles. The van der Waals surface area contributed by atoms with Crippen molar-refractivity contribution in [2.75, 3.05) is 18.6 Å². The number of methoxy groups -OCH3 is 1. The number of amides is 1. The predicted molar refractivity (Wildman–Crippen MR) is 141 cm³/mol. The molecule has 0 aliphatic carbocycles. The fourth-order valence-electron chi connectivity index (χ4n) is 4.56. The van der Waals surface area contributed by atoms with Crippen molar-refractivity contribution < 1.29 is 23.1 Å². The molecule has 1 unspecified atom stereocenters. The number of nitrogens with zero attached hydrogens (tertiary/aromatic N) is 1. The molecule has 0 N–H and O–H groups in total. The van der Waals surface area contributed by atoms with E-state index in [2.05, 4.69) is 6.92 Å². The standard InChI is InChI=1S/C29H25ClFNO5/c1-4-5-12-36-23-10-7-17(13-24(23)35-3)26-25-27(33)20-14-18(31)8-11-22(20)37-28(25)29(34)32(26)19-9-6-16(2)21(30)15-19/h6-11,13-15,26H,4-5,12H2,1-3H3. The summed E-state index contributed by atoms with van der Waals surface area (Å²) in [6.07, 6.45) is 1.88. The van der Waals surface area contributed by atoms with Crippen LogP contribution in [0.5, 0.6) is 11.5 Å². The van der Waals surface area contributed by atoms with Crippen LogP contribution in [0.1, 0.15) is 53.1 Å². The molecule has 5 rings (SSSR count). The molecule has 4 aromatic rings. The maximum atomic E-state index is 14.1. The summed E-state index contributed by atoms with van der Waals surface area (Å²) < 4.78 is 31.4. The van der Waals surface area contributed by atoms with Gasteiger partial charge >= 0.3 is 0 Å². The quantitative estimate of drug-likeness (QED) is 0.249. The highest BCUT2D eigenvalue weighted by molar-refractivity contribution is 6.31. The maximum Gasteiger partial charge on any atom is 0.295 e. The molecule has 0 spiro atoms. The average Bonchev–Trinajstić information content (AvgIpc) is 3.19. The van der Waals surface area contributed by atoms with Crippen LogP contribution < -0.4 is 19.8 Å². The van der Waals surface area contributed by atoms with Crippen molar-refractivity contribution >= 4 is 34.2 Å². The van der Waals surface area contributed by atoms with Gasteiger partial charge in [-0.25, -0.2) is 4.39 Å². The Morgan fingerprint density at radius 2 is 1.86 bits per heavy atom. The number of benzene rings is 3. The Kier molecular flexibility index (Phi) is 6.65. The second kappa shape index (κ2) is 9.90. The lowest BCUT2D eigenvalue weighted by Crippen LogP contribution is -2.29. The number of carbonyl (C=O) groups excluding carboxylic acids is 1. The van der Waals surface area contributed by atoms with E-state index in [4.69, 9.17) is 25.5 Å². The van der Waals surface area contributed by atoms with Gasteiger partial charge in [-0.1, -0.05) is 37.1 Å². The van der Waals surface area contributed by atoms with E-state index in [9.17, 15) is 14.0 Å². The first-order valence-electron chi connectivity index (χ1n) is 12.0. The summed E-state index contributed by atoms with van der Waals surface area (Å²) in [6.45, 7) is 4.47. The molecule has 37 heavy (non-hydrogen) atoms. The van der Waals surface area contributed by atoms with E-state index in [1.165, 1.54) is 24.1 Å². The van der Waals surface area contributed by atoms with E-state index < -0.39 is 23.2 Å². The Labute approximate surface area is 218 Å². The Bertz CT molecular complexity index is 1580. The van der Waals surface area contributed by atoms with Gasteiger partial charge < -0.3 is 13.9 Å². The molecule has 0 bridgehead atoms. The van der Waals surface area contributed by atoms with Crippen LogP contribution in [0.25, 0.3) is 11.0 Å². The van der Waals surface area contributed by atoms with Gasteiger partial charge in [0.15, 0.2) is 16.9 Å². The average molecular weight is 522 g/mol. The maximum absolute atomic E-state index is 14.1. The van der Waals surface area contributed by atoms with Crippen molar-refractivity contribution in [1.29, 1.82) is 0 Å². The number of rotatable bonds is 7. The Balaban J connectivity index is 1.73. The number of anilines is 1. The smallest absolute Gasteiger partial charge is 0.295 e. The summed E-state index contributed by atoms with van der Waals surface area (Å²) in [5.41, 5.74) is 1.73. The molecule has 2 heterocycles. The molecule has 0 radical (unpaired) electrons. The van der Waals surface area contributed by atoms with Crippen molar-refractivity contribution in [1.82, 2.24) is 0 Å². The third-order valence-electron chi connectivity index (χ3n) is 6.52. The van der Waals surface area contributed by atoms with E-state index in [0.29, 0.717) is 34.4 Å². The van der Waals surface area contributed by atoms with Gasteiger partial charge in [0.1, 0.15) is 11.4 Å². The zero-order valence-corrected chi connectivity index (χ0v) is 21.4. The zero-order valence-electron chi connectivity index (χ0n) is 20.6. The predicted octanol–water partition coefficient (Wildman–Crippen LogP) is 6.83. The highest BCUT2D eigenvalue weighted by Gasteiger charge is 2.44. The van der Waals surface area contributed by atoms with Crippen LogP contribution in [-0.4, -0.2) is 19.6 Å². The summed E-state index contributed by atoms with van der Waals surface area (Å²) in [7, 11) is 1.53. The fraction of sp³-hybridized carbons (Fsp3) is 0.241. The van der Waals surface area contributed by atoms with Crippen molar-refractivity contribution in [2.45, 2.75) is 32.7 Å². The van der Waals surface area contributed by atoms with Crippen molar-refractivity contribution in [3.8, 4) is 11.5 Å². The highest BCUT2D eigenvalue weighted by Crippen LogP contribution is 2.44. The molecule has 8 heteroatoms. The minimum atomic E-state index is -0.858. The van der Waals surface area contributed by atoms with Crippen molar-refractivity contribution in [3.05, 3.63) is 98.1 Å². The van der Waals surface area contributed by atoms with Gasteiger partial charge in [-0.3, -0.25) is 14.5 Å². The first kappa shape index (κ1) is 24.8. The SMILES string of the molecule is CCCCOc1ccc(C2c3c(oc4ccc(F)cc4c3=O)C(=O)N2c2ccc(C)c(Cl)c2)cc1OC. The molecule has 1 atom stereocenters. The van der Waals surface area contributed by atoms with Gasteiger partial charge in [-0.2, -0.15) is 0 Å². The van der Waals surface area contributed by atoms with Crippen molar-refractivity contribution in [2.24, 2.45) is 0 Å². The molecule has 1 aliphatic rings. The van der Waals surface area contributed by atoms with E-state index in [-0.39, 0.29) is 22.3 Å². The van der Waals surface area contributed by atoms with Crippen LogP contribution in [0.3, 0.4) is 0 Å². The lowest BCUT2D eigenvalue weighted by atomic mass is 9.97.